The molecule has 2 N–H and O–H groups in total. The molecule has 1 aromatic carbocycles. The average Bonchev–Trinajstić information content (AvgIpc) is 2.78. The van der Waals surface area contributed by atoms with E-state index in [1.165, 1.54) is 0 Å². The molecule has 2 amide bonds. The number of rotatable bonds is 4. The molecule has 0 radical (unpaired) electrons. The number of hydrogen-bond donors (Lipinski definition) is 2. The monoisotopic (exact) mass is 326 g/mol. The number of hydrogen-bond acceptors (Lipinski definition) is 4. The molecule has 7 heteroatoms. The van der Waals surface area contributed by atoms with Gasteiger partial charge >= 0.3 is 6.03 Å². The summed E-state index contributed by atoms with van der Waals surface area (Å²) in [6.45, 7) is 5.57. The van der Waals surface area contributed by atoms with Gasteiger partial charge in [0.15, 0.2) is 9.84 Å². The summed E-state index contributed by atoms with van der Waals surface area (Å²) in [6.07, 6.45) is 1.16. The van der Waals surface area contributed by atoms with Gasteiger partial charge in [-0.25, -0.2) is 13.2 Å². The van der Waals surface area contributed by atoms with Crippen molar-refractivity contribution in [1.82, 2.24) is 10.6 Å². The van der Waals surface area contributed by atoms with Crippen LogP contribution in [-0.2, 0) is 9.84 Å². The third-order valence-electron chi connectivity index (χ3n) is 3.93. The lowest BCUT2D eigenvalue weighted by Gasteiger charge is -2.23. The molecule has 0 aromatic heterocycles. The zero-order chi connectivity index (χ0) is 16.5. The second-order valence-corrected chi connectivity index (χ2v) is 8.91. The van der Waals surface area contributed by atoms with Gasteiger partial charge in [-0.3, -0.25) is 0 Å². The Bertz CT molecular complexity index is 683. The molecule has 0 spiro atoms. The van der Waals surface area contributed by atoms with Crippen LogP contribution in [0.25, 0.3) is 0 Å². The van der Waals surface area contributed by atoms with Crippen LogP contribution in [0.1, 0.15) is 31.0 Å². The van der Waals surface area contributed by atoms with E-state index in [2.05, 4.69) is 10.6 Å². The maximum Gasteiger partial charge on any atom is 0.315 e. The minimum atomic E-state index is -3.25. The van der Waals surface area contributed by atoms with Crippen molar-refractivity contribution in [1.29, 1.82) is 0 Å². The van der Waals surface area contributed by atoms with E-state index in [1.54, 1.807) is 13.8 Å². The molecule has 0 bridgehead atoms. The van der Waals surface area contributed by atoms with Crippen LogP contribution < -0.4 is 15.4 Å². The van der Waals surface area contributed by atoms with Crippen LogP contribution in [0.2, 0.25) is 0 Å². The molecule has 0 aliphatic carbocycles. The molecule has 6 nitrogen and oxygen atoms in total. The van der Waals surface area contributed by atoms with Gasteiger partial charge < -0.3 is 15.4 Å². The summed E-state index contributed by atoms with van der Waals surface area (Å²) in [6, 6.07) is 5.19. The molecule has 22 heavy (non-hydrogen) atoms. The highest BCUT2D eigenvalue weighted by molar-refractivity contribution is 7.92. The minimum Gasteiger partial charge on any atom is -0.491 e. The first-order chi connectivity index (χ1) is 10.1. The van der Waals surface area contributed by atoms with Gasteiger partial charge in [-0.15, -0.1) is 0 Å². The van der Waals surface area contributed by atoms with Crippen LogP contribution in [-0.4, -0.2) is 38.6 Å². The predicted molar refractivity (Wildman–Crippen MR) is 84.9 cm³/mol. The lowest BCUT2D eigenvalue weighted by atomic mass is 10.1. The molecule has 122 valence electrons. The lowest BCUT2D eigenvalue weighted by molar-refractivity contribution is 0.231. The number of carbonyl (C=O) groups excluding carboxylic acids is 1. The quantitative estimate of drug-likeness (QED) is 0.879. The van der Waals surface area contributed by atoms with E-state index in [-0.39, 0.29) is 12.6 Å². The van der Waals surface area contributed by atoms with Crippen molar-refractivity contribution >= 4 is 15.9 Å². The van der Waals surface area contributed by atoms with E-state index in [4.69, 9.17) is 4.74 Å². The van der Waals surface area contributed by atoms with Crippen molar-refractivity contribution in [3.8, 4) is 5.75 Å². The Kier molecular flexibility index (Phi) is 4.37. The highest BCUT2D eigenvalue weighted by Gasteiger charge is 2.31. The molecule has 1 aliphatic heterocycles. The first-order valence-electron chi connectivity index (χ1n) is 7.07. The first kappa shape index (κ1) is 16.6. The fourth-order valence-corrected chi connectivity index (χ4v) is 2.42. The second-order valence-electron chi connectivity index (χ2n) is 6.26. The predicted octanol–water partition coefficient (Wildman–Crippen LogP) is 1.55. The van der Waals surface area contributed by atoms with E-state index < -0.39 is 20.6 Å². The Morgan fingerprint density at radius 1 is 1.41 bits per heavy atom. The molecule has 1 aromatic rings. The summed E-state index contributed by atoms with van der Waals surface area (Å²) < 4.78 is 27.8. The third kappa shape index (κ3) is 3.52. The fourth-order valence-electron chi connectivity index (χ4n) is 2.09. The summed E-state index contributed by atoms with van der Waals surface area (Å²) in [4.78, 5) is 12.0. The molecular formula is C15H22N2O4S. The van der Waals surface area contributed by atoms with Crippen LogP contribution in [0, 0.1) is 6.92 Å². The van der Waals surface area contributed by atoms with Crippen molar-refractivity contribution < 1.29 is 17.9 Å². The zero-order valence-electron chi connectivity index (χ0n) is 13.3. The summed E-state index contributed by atoms with van der Waals surface area (Å²) in [5.74, 6) is 0.771. The van der Waals surface area contributed by atoms with Crippen molar-refractivity contribution in [2.45, 2.75) is 31.6 Å². The van der Waals surface area contributed by atoms with E-state index in [0.717, 1.165) is 23.1 Å². The van der Waals surface area contributed by atoms with E-state index in [9.17, 15) is 13.2 Å². The Morgan fingerprint density at radius 2 is 2.09 bits per heavy atom. The maximum atomic E-state index is 12.0. The molecule has 0 saturated heterocycles. The van der Waals surface area contributed by atoms with E-state index in [1.807, 2.05) is 25.1 Å². The van der Waals surface area contributed by atoms with Gasteiger partial charge in [0.25, 0.3) is 0 Å². The number of benzene rings is 1. The van der Waals surface area contributed by atoms with Gasteiger partial charge in [-0.2, -0.15) is 0 Å². The lowest BCUT2D eigenvalue weighted by Crippen LogP contribution is -2.47. The maximum absolute atomic E-state index is 12.0. The number of carbonyl (C=O) groups is 1. The summed E-state index contributed by atoms with van der Waals surface area (Å²) in [5, 5.41) is 5.43. The van der Waals surface area contributed by atoms with E-state index >= 15 is 0 Å². The second kappa shape index (κ2) is 5.79. The normalized spacial score (nSPS) is 17.5. The van der Waals surface area contributed by atoms with Gasteiger partial charge in [-0.1, -0.05) is 17.7 Å². The van der Waals surface area contributed by atoms with Crippen LogP contribution in [0.4, 0.5) is 4.79 Å². The van der Waals surface area contributed by atoms with Crippen LogP contribution in [0.15, 0.2) is 18.2 Å². The fraction of sp³-hybridized carbons (Fsp3) is 0.533. The number of ether oxygens (including phenoxy) is 1. The number of nitrogens with one attached hydrogen (secondary N) is 2. The average molecular weight is 326 g/mol. The zero-order valence-corrected chi connectivity index (χ0v) is 14.1. The van der Waals surface area contributed by atoms with Gasteiger partial charge in [0, 0.05) is 18.4 Å². The van der Waals surface area contributed by atoms with Crippen molar-refractivity contribution in [3.63, 3.8) is 0 Å². The van der Waals surface area contributed by atoms with E-state index in [0.29, 0.717) is 6.61 Å². The third-order valence-corrected chi connectivity index (χ3v) is 6.08. The minimum absolute atomic E-state index is 0.0475. The number of aryl methyl sites for hydroxylation is 1. The van der Waals surface area contributed by atoms with Crippen LogP contribution in [0.3, 0.4) is 0 Å². The van der Waals surface area contributed by atoms with Gasteiger partial charge in [0.2, 0.25) is 0 Å². The molecule has 2 rings (SSSR count). The summed E-state index contributed by atoms with van der Waals surface area (Å²) in [7, 11) is -3.25. The largest absolute Gasteiger partial charge is 0.491 e. The Morgan fingerprint density at radius 3 is 2.73 bits per heavy atom. The Balaban J connectivity index is 1.96. The number of fused-ring (bicyclic) bond motifs is 1. The van der Waals surface area contributed by atoms with Gasteiger partial charge in [0.1, 0.15) is 12.4 Å². The van der Waals surface area contributed by atoms with Gasteiger partial charge in [0.05, 0.1) is 10.8 Å². The summed E-state index contributed by atoms with van der Waals surface area (Å²) >= 11 is 0. The number of sulfone groups is 1. The van der Waals surface area contributed by atoms with Crippen molar-refractivity contribution in [2.75, 3.05) is 19.4 Å². The first-order valence-corrected chi connectivity index (χ1v) is 8.96. The number of urea groups is 1. The van der Waals surface area contributed by atoms with Gasteiger partial charge in [-0.05, 0) is 26.8 Å². The molecule has 1 atom stereocenters. The smallest absolute Gasteiger partial charge is 0.315 e. The van der Waals surface area contributed by atoms with Crippen molar-refractivity contribution in [3.05, 3.63) is 29.3 Å². The molecule has 1 aliphatic rings. The highest BCUT2D eigenvalue weighted by Crippen LogP contribution is 2.32. The Hall–Kier alpha value is -1.76. The Labute approximate surface area is 131 Å². The summed E-state index contributed by atoms with van der Waals surface area (Å²) in [5.41, 5.74) is 2.03. The molecule has 0 fully saturated rings. The number of amides is 2. The van der Waals surface area contributed by atoms with Crippen molar-refractivity contribution in [2.24, 2.45) is 0 Å². The SMILES string of the molecule is Cc1ccc2c(c1)[C@H](NC(=O)NCC(C)(C)S(C)(=O)=O)CO2. The molecular weight excluding hydrogens is 304 g/mol. The molecule has 1 heterocycles. The topological polar surface area (TPSA) is 84.5 Å². The van der Waals surface area contributed by atoms with Crippen LogP contribution >= 0.6 is 0 Å². The highest BCUT2D eigenvalue weighted by atomic mass is 32.2. The molecule has 0 unspecified atom stereocenters. The van der Waals surface area contributed by atoms with Crippen LogP contribution in [0.5, 0.6) is 5.75 Å². The standard InChI is InChI=1S/C15H22N2O4S/c1-10-5-6-13-11(7-10)12(8-21-13)17-14(18)16-9-15(2,3)22(4,19)20/h5-7,12H,8-9H2,1-4H3,(H2,16,17,18)/t12-/m1/s1. The molecule has 0 saturated carbocycles.